The van der Waals surface area contributed by atoms with E-state index in [4.69, 9.17) is 0 Å². The fourth-order valence-corrected chi connectivity index (χ4v) is 4.16. The molecule has 32 heavy (non-hydrogen) atoms. The minimum Gasteiger partial charge on any atom is -0.339 e. The van der Waals surface area contributed by atoms with Gasteiger partial charge in [0.2, 0.25) is 11.8 Å². The lowest BCUT2D eigenvalue weighted by Crippen LogP contribution is -2.52. The van der Waals surface area contributed by atoms with Gasteiger partial charge in [0, 0.05) is 26.2 Å². The normalized spacial score (nSPS) is 18.3. The van der Waals surface area contributed by atoms with E-state index >= 15 is 0 Å². The Bertz CT molecular complexity index is 995. The molecule has 170 valence electrons. The Morgan fingerprint density at radius 2 is 1.56 bits per heavy atom. The molecule has 9 heteroatoms. The number of hydrogen-bond donors (Lipinski definition) is 1. The molecule has 1 heterocycles. The third-order valence-corrected chi connectivity index (χ3v) is 6.09. The quantitative estimate of drug-likeness (QED) is 0.709. The Morgan fingerprint density at radius 3 is 2.16 bits per heavy atom. The van der Waals surface area contributed by atoms with Crippen molar-refractivity contribution in [2.45, 2.75) is 24.4 Å². The zero-order valence-corrected chi connectivity index (χ0v) is 17.3. The molecule has 1 saturated carbocycles. The number of carbonyl (C=O) groups is 2. The molecule has 2 aromatic rings. The zero-order valence-electron chi connectivity index (χ0n) is 17.3. The van der Waals surface area contributed by atoms with Crippen LogP contribution in [0, 0.1) is 5.82 Å². The van der Waals surface area contributed by atoms with Crippen molar-refractivity contribution in [3.8, 4) is 0 Å². The second-order valence-corrected chi connectivity index (χ2v) is 8.25. The highest BCUT2D eigenvalue weighted by molar-refractivity contribution is 5.93. The average Bonchev–Trinajstić information content (AvgIpc) is 3.56. The van der Waals surface area contributed by atoms with E-state index < -0.39 is 23.1 Å². The van der Waals surface area contributed by atoms with Gasteiger partial charge in [0.1, 0.15) is 5.82 Å². The maximum Gasteiger partial charge on any atom is 0.418 e. The molecule has 5 nitrogen and oxygen atoms in total. The molecule has 0 unspecified atom stereocenters. The van der Waals surface area contributed by atoms with Gasteiger partial charge in [-0.3, -0.25) is 14.5 Å². The molecule has 2 aromatic carbocycles. The van der Waals surface area contributed by atoms with Crippen LogP contribution in [0.4, 0.5) is 23.2 Å². The lowest BCUT2D eigenvalue weighted by atomic mass is 9.94. The van der Waals surface area contributed by atoms with Crippen molar-refractivity contribution in [3.05, 3.63) is 65.5 Å². The van der Waals surface area contributed by atoms with Crippen molar-refractivity contribution in [1.82, 2.24) is 9.80 Å². The van der Waals surface area contributed by atoms with E-state index in [1.54, 1.807) is 17.0 Å². The first-order chi connectivity index (χ1) is 15.2. The number of rotatable bonds is 5. The highest BCUT2D eigenvalue weighted by Crippen LogP contribution is 2.49. The van der Waals surface area contributed by atoms with Crippen molar-refractivity contribution in [3.63, 3.8) is 0 Å². The fourth-order valence-electron chi connectivity index (χ4n) is 4.16. The highest BCUT2D eigenvalue weighted by atomic mass is 19.4. The van der Waals surface area contributed by atoms with Gasteiger partial charge in [-0.1, -0.05) is 24.3 Å². The van der Waals surface area contributed by atoms with Gasteiger partial charge in [0.15, 0.2) is 0 Å². The van der Waals surface area contributed by atoms with Crippen molar-refractivity contribution in [2.75, 3.05) is 38.0 Å². The van der Waals surface area contributed by atoms with Crippen LogP contribution in [0.3, 0.4) is 0 Å². The van der Waals surface area contributed by atoms with E-state index in [0.29, 0.717) is 26.2 Å². The summed E-state index contributed by atoms with van der Waals surface area (Å²) in [4.78, 5) is 29.0. The van der Waals surface area contributed by atoms with Crippen LogP contribution in [-0.4, -0.2) is 54.3 Å². The number of nitrogens with one attached hydrogen (secondary N) is 1. The molecule has 0 atom stereocenters. The number of anilines is 1. The maximum absolute atomic E-state index is 13.2. The molecule has 2 fully saturated rings. The number of piperazine rings is 1. The van der Waals surface area contributed by atoms with Crippen LogP contribution in [0.5, 0.6) is 0 Å². The molecule has 0 bridgehead atoms. The average molecular weight is 449 g/mol. The first-order valence-electron chi connectivity index (χ1n) is 10.4. The molecular weight excluding hydrogens is 426 g/mol. The van der Waals surface area contributed by atoms with Crippen LogP contribution in [0.1, 0.15) is 24.0 Å². The summed E-state index contributed by atoms with van der Waals surface area (Å²) in [7, 11) is 0. The Labute approximate surface area is 183 Å². The summed E-state index contributed by atoms with van der Waals surface area (Å²) in [6, 6.07) is 10.9. The van der Waals surface area contributed by atoms with Crippen molar-refractivity contribution in [2.24, 2.45) is 0 Å². The van der Waals surface area contributed by atoms with Gasteiger partial charge in [-0.25, -0.2) is 4.39 Å². The molecule has 1 N–H and O–H groups in total. The van der Waals surface area contributed by atoms with Crippen LogP contribution in [-0.2, 0) is 21.2 Å². The monoisotopic (exact) mass is 449 g/mol. The minimum atomic E-state index is -4.56. The molecule has 1 aliphatic carbocycles. The predicted octanol–water partition coefficient (Wildman–Crippen LogP) is 3.66. The van der Waals surface area contributed by atoms with Crippen molar-refractivity contribution >= 4 is 17.5 Å². The number of alkyl halides is 3. The molecule has 2 amide bonds. The molecule has 0 aromatic heterocycles. The number of benzene rings is 2. The lowest BCUT2D eigenvalue weighted by Gasteiger charge is -2.36. The van der Waals surface area contributed by atoms with Crippen LogP contribution < -0.4 is 5.32 Å². The molecule has 1 aliphatic heterocycles. The van der Waals surface area contributed by atoms with Crippen LogP contribution >= 0.6 is 0 Å². The van der Waals surface area contributed by atoms with Gasteiger partial charge < -0.3 is 10.2 Å². The first-order valence-corrected chi connectivity index (χ1v) is 10.4. The summed E-state index contributed by atoms with van der Waals surface area (Å²) in [5.41, 5.74) is -0.934. The van der Waals surface area contributed by atoms with E-state index in [9.17, 15) is 27.2 Å². The SMILES string of the molecule is O=C(CN1CCN(C(=O)C2(c3ccc(F)cc3)CC2)CC1)Nc1ccccc1C(F)(F)F. The largest absolute Gasteiger partial charge is 0.418 e. The van der Waals surface area contributed by atoms with E-state index in [1.165, 1.54) is 30.3 Å². The molecule has 2 aliphatic rings. The van der Waals surface area contributed by atoms with Gasteiger partial charge in [0.25, 0.3) is 0 Å². The molecular formula is C23H23F4N3O2. The van der Waals surface area contributed by atoms with Gasteiger partial charge >= 0.3 is 6.18 Å². The highest BCUT2D eigenvalue weighted by Gasteiger charge is 2.53. The minimum absolute atomic E-state index is 0.00677. The zero-order chi connectivity index (χ0) is 22.9. The number of carbonyl (C=O) groups excluding carboxylic acids is 2. The maximum atomic E-state index is 13.2. The molecule has 0 radical (unpaired) electrons. The Kier molecular flexibility index (Phi) is 5.94. The number of halogens is 4. The summed E-state index contributed by atoms with van der Waals surface area (Å²) in [5, 5.41) is 2.35. The summed E-state index contributed by atoms with van der Waals surface area (Å²) >= 11 is 0. The lowest BCUT2D eigenvalue weighted by molar-refractivity contribution is -0.137. The van der Waals surface area contributed by atoms with E-state index in [1.807, 2.05) is 4.90 Å². The summed E-state index contributed by atoms with van der Waals surface area (Å²) in [6.45, 7) is 1.68. The van der Waals surface area contributed by atoms with Crippen molar-refractivity contribution < 1.29 is 27.2 Å². The molecule has 4 rings (SSSR count). The van der Waals surface area contributed by atoms with Gasteiger partial charge in [-0.2, -0.15) is 13.2 Å². The Balaban J connectivity index is 1.31. The van der Waals surface area contributed by atoms with Crippen LogP contribution in [0.15, 0.2) is 48.5 Å². The van der Waals surface area contributed by atoms with E-state index in [0.717, 1.165) is 24.5 Å². The summed E-state index contributed by atoms with van der Waals surface area (Å²) in [5.74, 6) is -0.875. The van der Waals surface area contributed by atoms with Gasteiger partial charge in [0.05, 0.1) is 23.2 Å². The van der Waals surface area contributed by atoms with E-state index in [-0.39, 0.29) is 24.0 Å². The third kappa shape index (κ3) is 4.62. The Hall–Kier alpha value is -2.94. The third-order valence-electron chi connectivity index (χ3n) is 6.09. The number of para-hydroxylation sites is 1. The smallest absolute Gasteiger partial charge is 0.339 e. The second kappa shape index (κ2) is 8.54. The number of nitrogens with zero attached hydrogens (tertiary/aromatic N) is 2. The van der Waals surface area contributed by atoms with Crippen LogP contribution in [0.25, 0.3) is 0 Å². The Morgan fingerprint density at radius 1 is 0.938 bits per heavy atom. The fraction of sp³-hybridized carbons (Fsp3) is 0.391. The van der Waals surface area contributed by atoms with E-state index in [2.05, 4.69) is 5.32 Å². The van der Waals surface area contributed by atoms with Gasteiger partial charge in [-0.15, -0.1) is 0 Å². The second-order valence-electron chi connectivity index (χ2n) is 8.25. The number of amides is 2. The standard InChI is InChI=1S/C23H23F4N3O2/c24-17-7-5-16(6-8-17)22(9-10-22)21(32)30-13-11-29(12-14-30)15-20(31)28-19-4-2-1-3-18(19)23(25,26)27/h1-8H,9-15H2,(H,28,31). The molecule has 0 spiro atoms. The first kappa shape index (κ1) is 22.3. The van der Waals surface area contributed by atoms with Crippen molar-refractivity contribution in [1.29, 1.82) is 0 Å². The number of hydrogen-bond acceptors (Lipinski definition) is 3. The van der Waals surface area contributed by atoms with Gasteiger partial charge in [-0.05, 0) is 42.7 Å². The predicted molar refractivity (Wildman–Crippen MR) is 110 cm³/mol. The van der Waals surface area contributed by atoms with Crippen LogP contribution in [0.2, 0.25) is 0 Å². The summed E-state index contributed by atoms with van der Waals surface area (Å²) in [6.07, 6.45) is -3.11. The summed E-state index contributed by atoms with van der Waals surface area (Å²) < 4.78 is 52.5. The molecule has 1 saturated heterocycles. The topological polar surface area (TPSA) is 52.7 Å².